The van der Waals surface area contributed by atoms with Gasteiger partial charge in [-0.1, -0.05) is 19.1 Å². The number of rotatable bonds is 5. The molecule has 2 heterocycles. The van der Waals surface area contributed by atoms with Gasteiger partial charge < -0.3 is 9.73 Å². The van der Waals surface area contributed by atoms with Crippen molar-refractivity contribution in [2.24, 2.45) is 7.05 Å². The molecule has 0 saturated heterocycles. The second kappa shape index (κ2) is 6.93. The van der Waals surface area contributed by atoms with Gasteiger partial charge in [-0.2, -0.15) is 5.10 Å². The monoisotopic (exact) mass is 339 g/mol. The van der Waals surface area contributed by atoms with Crippen molar-refractivity contribution in [3.05, 3.63) is 63.8 Å². The highest BCUT2D eigenvalue weighted by Crippen LogP contribution is 2.20. The van der Waals surface area contributed by atoms with Crippen molar-refractivity contribution in [2.45, 2.75) is 32.7 Å². The number of nitrogens with one attached hydrogen (secondary N) is 1. The van der Waals surface area contributed by atoms with Gasteiger partial charge in [-0.05, 0) is 36.6 Å². The van der Waals surface area contributed by atoms with Crippen molar-refractivity contribution in [3.63, 3.8) is 0 Å². The molecular formula is C19H21N3O3. The third-order valence-electron chi connectivity index (χ3n) is 4.30. The van der Waals surface area contributed by atoms with E-state index in [1.54, 1.807) is 10.9 Å². The van der Waals surface area contributed by atoms with Gasteiger partial charge in [0.05, 0.1) is 18.2 Å². The quantitative estimate of drug-likeness (QED) is 0.725. The van der Waals surface area contributed by atoms with E-state index in [2.05, 4.69) is 10.4 Å². The van der Waals surface area contributed by atoms with E-state index in [0.29, 0.717) is 11.1 Å². The summed E-state index contributed by atoms with van der Waals surface area (Å²) in [4.78, 5) is 24.3. The lowest BCUT2D eigenvalue weighted by Crippen LogP contribution is -2.31. The number of carbonyl (C=O) groups excluding carboxylic acids is 1. The van der Waals surface area contributed by atoms with Crippen LogP contribution in [0.5, 0.6) is 0 Å². The smallest absolute Gasteiger partial charge is 0.336 e. The molecule has 1 aromatic carbocycles. The van der Waals surface area contributed by atoms with E-state index in [-0.39, 0.29) is 18.4 Å². The molecule has 0 radical (unpaired) electrons. The van der Waals surface area contributed by atoms with Crippen LogP contribution in [0.25, 0.3) is 11.0 Å². The Morgan fingerprint density at radius 3 is 2.80 bits per heavy atom. The fourth-order valence-electron chi connectivity index (χ4n) is 3.01. The number of hydrogen-bond acceptors (Lipinski definition) is 4. The van der Waals surface area contributed by atoms with Crippen LogP contribution in [0.4, 0.5) is 0 Å². The van der Waals surface area contributed by atoms with Gasteiger partial charge in [0.1, 0.15) is 5.58 Å². The first-order chi connectivity index (χ1) is 12.0. The van der Waals surface area contributed by atoms with E-state index in [1.807, 2.05) is 45.2 Å². The van der Waals surface area contributed by atoms with Gasteiger partial charge in [0, 0.05) is 24.7 Å². The fourth-order valence-corrected chi connectivity index (χ4v) is 3.01. The SMILES string of the molecule is CCC(NC(=O)Cc1cc(=O)oc2cc(C)ccc12)c1ccnn1C. The molecule has 25 heavy (non-hydrogen) atoms. The first kappa shape index (κ1) is 17.0. The molecule has 0 aliphatic carbocycles. The van der Waals surface area contributed by atoms with Gasteiger partial charge in [-0.3, -0.25) is 9.48 Å². The van der Waals surface area contributed by atoms with Gasteiger partial charge in [-0.25, -0.2) is 4.79 Å². The van der Waals surface area contributed by atoms with Crippen molar-refractivity contribution in [1.82, 2.24) is 15.1 Å². The average molecular weight is 339 g/mol. The number of aryl methyl sites for hydroxylation is 2. The Morgan fingerprint density at radius 2 is 2.12 bits per heavy atom. The molecule has 1 N–H and O–H groups in total. The molecule has 0 bridgehead atoms. The molecule has 0 aliphatic heterocycles. The van der Waals surface area contributed by atoms with Gasteiger partial charge in [0.2, 0.25) is 5.91 Å². The minimum atomic E-state index is -0.445. The highest BCUT2D eigenvalue weighted by atomic mass is 16.4. The first-order valence-corrected chi connectivity index (χ1v) is 8.28. The van der Waals surface area contributed by atoms with Crippen LogP contribution in [0.15, 0.2) is 45.7 Å². The highest BCUT2D eigenvalue weighted by Gasteiger charge is 2.17. The lowest BCUT2D eigenvalue weighted by Gasteiger charge is -2.17. The maximum absolute atomic E-state index is 12.5. The van der Waals surface area contributed by atoms with Crippen molar-refractivity contribution < 1.29 is 9.21 Å². The van der Waals surface area contributed by atoms with E-state index in [4.69, 9.17) is 4.42 Å². The molecule has 130 valence electrons. The number of hydrogen-bond donors (Lipinski definition) is 1. The predicted molar refractivity (Wildman–Crippen MR) is 95.3 cm³/mol. The summed E-state index contributed by atoms with van der Waals surface area (Å²) in [6.45, 7) is 3.94. The zero-order valence-corrected chi connectivity index (χ0v) is 14.6. The molecule has 1 unspecified atom stereocenters. The summed E-state index contributed by atoms with van der Waals surface area (Å²) in [5.74, 6) is -0.138. The lowest BCUT2D eigenvalue weighted by atomic mass is 10.0. The summed E-state index contributed by atoms with van der Waals surface area (Å²) in [5, 5.41) is 7.96. The average Bonchev–Trinajstić information content (AvgIpc) is 2.98. The Bertz CT molecular complexity index is 971. The topological polar surface area (TPSA) is 77.1 Å². The van der Waals surface area contributed by atoms with Crippen molar-refractivity contribution >= 4 is 16.9 Å². The molecule has 0 spiro atoms. The molecule has 3 aromatic rings. The van der Waals surface area contributed by atoms with Crippen molar-refractivity contribution in [2.75, 3.05) is 0 Å². The van der Waals surface area contributed by atoms with Crippen LogP contribution < -0.4 is 10.9 Å². The van der Waals surface area contributed by atoms with E-state index >= 15 is 0 Å². The van der Waals surface area contributed by atoms with Crippen LogP contribution in [0.3, 0.4) is 0 Å². The molecule has 0 saturated carbocycles. The minimum absolute atomic E-state index is 0.117. The van der Waals surface area contributed by atoms with Crippen LogP contribution in [0.2, 0.25) is 0 Å². The number of amides is 1. The maximum Gasteiger partial charge on any atom is 0.336 e. The van der Waals surface area contributed by atoms with E-state index in [1.165, 1.54) is 6.07 Å². The standard InChI is InChI=1S/C19H21N3O3/c1-4-15(16-7-8-20-22(16)3)21-18(23)10-13-11-19(24)25-17-9-12(2)5-6-14(13)17/h5-9,11,15H,4,10H2,1-3H3,(H,21,23). The van der Waals surface area contributed by atoms with Crippen LogP contribution in [-0.4, -0.2) is 15.7 Å². The zero-order valence-electron chi connectivity index (χ0n) is 14.6. The summed E-state index contributed by atoms with van der Waals surface area (Å²) in [5.41, 5.74) is 2.68. The summed E-state index contributed by atoms with van der Waals surface area (Å²) in [7, 11) is 1.85. The summed E-state index contributed by atoms with van der Waals surface area (Å²) >= 11 is 0. The molecule has 0 aliphatic rings. The Morgan fingerprint density at radius 1 is 1.32 bits per heavy atom. The number of nitrogens with zero attached hydrogens (tertiary/aromatic N) is 2. The Balaban J connectivity index is 1.84. The van der Waals surface area contributed by atoms with Gasteiger partial charge in [-0.15, -0.1) is 0 Å². The fraction of sp³-hybridized carbons (Fsp3) is 0.316. The summed E-state index contributed by atoms with van der Waals surface area (Å²) < 4.78 is 7.00. The molecule has 6 heteroatoms. The lowest BCUT2D eigenvalue weighted by molar-refractivity contribution is -0.121. The minimum Gasteiger partial charge on any atom is -0.423 e. The second-order valence-electron chi connectivity index (χ2n) is 6.18. The van der Waals surface area contributed by atoms with Crippen molar-refractivity contribution in [3.8, 4) is 0 Å². The number of benzene rings is 1. The number of aromatic nitrogens is 2. The van der Waals surface area contributed by atoms with Gasteiger partial charge >= 0.3 is 5.63 Å². The molecule has 3 rings (SSSR count). The Hall–Kier alpha value is -2.89. The molecule has 6 nitrogen and oxygen atoms in total. The Labute approximate surface area is 145 Å². The first-order valence-electron chi connectivity index (χ1n) is 8.28. The molecular weight excluding hydrogens is 318 g/mol. The van der Waals surface area contributed by atoms with Crippen LogP contribution in [-0.2, 0) is 18.3 Å². The predicted octanol–water partition coefficient (Wildman–Crippen LogP) is 2.64. The van der Waals surface area contributed by atoms with Crippen LogP contribution in [0.1, 0.15) is 36.2 Å². The molecule has 1 amide bonds. The molecule has 1 atom stereocenters. The third-order valence-corrected chi connectivity index (χ3v) is 4.30. The summed E-state index contributed by atoms with van der Waals surface area (Å²) in [6, 6.07) is 8.80. The molecule has 2 aromatic heterocycles. The normalized spacial score (nSPS) is 12.3. The number of carbonyl (C=O) groups is 1. The zero-order chi connectivity index (χ0) is 18.0. The van der Waals surface area contributed by atoms with E-state index in [0.717, 1.165) is 23.1 Å². The van der Waals surface area contributed by atoms with E-state index < -0.39 is 5.63 Å². The van der Waals surface area contributed by atoms with Gasteiger partial charge in [0.25, 0.3) is 0 Å². The Kier molecular flexibility index (Phi) is 4.70. The third kappa shape index (κ3) is 3.63. The summed E-state index contributed by atoms with van der Waals surface area (Å²) in [6.07, 6.45) is 2.59. The van der Waals surface area contributed by atoms with Crippen molar-refractivity contribution in [1.29, 1.82) is 0 Å². The number of fused-ring (bicyclic) bond motifs is 1. The van der Waals surface area contributed by atoms with Crippen LogP contribution >= 0.6 is 0 Å². The maximum atomic E-state index is 12.5. The highest BCUT2D eigenvalue weighted by molar-refractivity contribution is 5.87. The molecule has 0 fully saturated rings. The van der Waals surface area contributed by atoms with Crippen LogP contribution in [0, 0.1) is 6.92 Å². The second-order valence-corrected chi connectivity index (χ2v) is 6.18. The van der Waals surface area contributed by atoms with E-state index in [9.17, 15) is 9.59 Å². The van der Waals surface area contributed by atoms with Gasteiger partial charge in [0.15, 0.2) is 0 Å². The largest absolute Gasteiger partial charge is 0.423 e.